The first-order valence-corrected chi connectivity index (χ1v) is 6.70. The smallest absolute Gasteiger partial charge is 0.125 e. The predicted octanol–water partition coefficient (Wildman–Crippen LogP) is 5.31. The minimum Gasteiger partial charge on any atom is -0.489 e. The lowest BCUT2D eigenvalue weighted by atomic mass is 10.2. The van der Waals surface area contributed by atoms with Crippen molar-refractivity contribution < 1.29 is 4.74 Å². The topological polar surface area (TPSA) is 9.23 Å². The van der Waals surface area contributed by atoms with Crippen molar-refractivity contribution in [2.45, 2.75) is 12.5 Å². The highest BCUT2D eigenvalue weighted by Gasteiger charge is 2.07. The average Bonchev–Trinajstić information content (AvgIpc) is 2.36. The Kier molecular flexibility index (Phi) is 4.76. The minimum absolute atomic E-state index is 0.324. The van der Waals surface area contributed by atoms with E-state index in [1.165, 1.54) is 0 Å². The molecule has 94 valence electrons. The Hall–Kier alpha value is -0.890. The van der Waals surface area contributed by atoms with E-state index in [0.29, 0.717) is 28.3 Å². The van der Waals surface area contributed by atoms with Crippen LogP contribution in [0.2, 0.25) is 10.0 Å². The number of rotatable bonds is 4. The van der Waals surface area contributed by atoms with Crippen LogP contribution in [0.15, 0.2) is 42.5 Å². The molecule has 0 amide bonds. The van der Waals surface area contributed by atoms with Crippen molar-refractivity contribution in [2.75, 3.05) is 0 Å². The fourth-order valence-electron chi connectivity index (χ4n) is 1.59. The van der Waals surface area contributed by atoms with E-state index in [1.807, 2.05) is 36.4 Å². The van der Waals surface area contributed by atoms with Gasteiger partial charge in [0.25, 0.3) is 0 Å². The zero-order valence-corrected chi connectivity index (χ0v) is 11.8. The van der Waals surface area contributed by atoms with Gasteiger partial charge in [-0.1, -0.05) is 41.4 Å². The number of ether oxygens (including phenoxy) is 1. The molecule has 0 aliphatic heterocycles. The van der Waals surface area contributed by atoms with E-state index in [0.717, 1.165) is 11.1 Å². The Labute approximate surface area is 121 Å². The summed E-state index contributed by atoms with van der Waals surface area (Å²) in [6.07, 6.45) is 0. The highest BCUT2D eigenvalue weighted by Crippen LogP contribution is 2.28. The van der Waals surface area contributed by atoms with Gasteiger partial charge in [-0.25, -0.2) is 0 Å². The molecule has 4 heteroatoms. The zero-order valence-electron chi connectivity index (χ0n) is 9.50. The van der Waals surface area contributed by atoms with E-state index in [-0.39, 0.29) is 0 Å². The Balaban J connectivity index is 2.13. The van der Waals surface area contributed by atoms with Crippen LogP contribution in [0.1, 0.15) is 11.1 Å². The van der Waals surface area contributed by atoms with Gasteiger partial charge in [0, 0.05) is 15.6 Å². The second-order valence-electron chi connectivity index (χ2n) is 3.77. The lowest BCUT2D eigenvalue weighted by Gasteiger charge is -2.11. The zero-order chi connectivity index (χ0) is 13.0. The molecule has 0 bridgehead atoms. The highest BCUT2D eigenvalue weighted by molar-refractivity contribution is 6.32. The van der Waals surface area contributed by atoms with Crippen molar-refractivity contribution in [3.05, 3.63) is 63.6 Å². The van der Waals surface area contributed by atoms with Gasteiger partial charge >= 0.3 is 0 Å². The highest BCUT2D eigenvalue weighted by atomic mass is 35.5. The van der Waals surface area contributed by atoms with Crippen molar-refractivity contribution in [3.8, 4) is 5.75 Å². The quantitative estimate of drug-likeness (QED) is 0.695. The number of hydrogen-bond donors (Lipinski definition) is 0. The third kappa shape index (κ3) is 3.32. The van der Waals surface area contributed by atoms with Crippen LogP contribution in [-0.2, 0) is 12.5 Å². The van der Waals surface area contributed by atoms with Crippen molar-refractivity contribution in [3.63, 3.8) is 0 Å². The molecule has 0 atom stereocenters. The summed E-state index contributed by atoms with van der Waals surface area (Å²) >= 11 is 17.8. The summed E-state index contributed by atoms with van der Waals surface area (Å²) in [6, 6.07) is 13.0. The summed E-state index contributed by atoms with van der Waals surface area (Å²) in [5.74, 6) is 1.03. The molecule has 1 nitrogen and oxygen atoms in total. The second kappa shape index (κ2) is 6.33. The Bertz CT molecular complexity index is 540. The molecule has 2 aromatic rings. The first kappa shape index (κ1) is 13.5. The lowest BCUT2D eigenvalue weighted by Crippen LogP contribution is -1.98. The number of hydrogen-bond acceptors (Lipinski definition) is 1. The molecule has 0 heterocycles. The molecule has 0 aliphatic rings. The SMILES string of the molecule is ClCc1c(Cl)cccc1OCc1cccc(Cl)c1. The monoisotopic (exact) mass is 300 g/mol. The van der Waals surface area contributed by atoms with Gasteiger partial charge in [-0.3, -0.25) is 0 Å². The van der Waals surface area contributed by atoms with Crippen molar-refractivity contribution >= 4 is 34.8 Å². The summed E-state index contributed by atoms with van der Waals surface area (Å²) in [6.45, 7) is 0.435. The summed E-state index contributed by atoms with van der Waals surface area (Å²) in [4.78, 5) is 0. The molecule has 0 N–H and O–H groups in total. The molecular formula is C14H11Cl3O. The van der Waals surface area contributed by atoms with Crippen LogP contribution in [0, 0.1) is 0 Å². The van der Waals surface area contributed by atoms with Gasteiger partial charge in [-0.2, -0.15) is 0 Å². The van der Waals surface area contributed by atoms with Crippen LogP contribution in [0.4, 0.5) is 0 Å². The number of alkyl halides is 1. The van der Waals surface area contributed by atoms with Gasteiger partial charge in [-0.15, -0.1) is 11.6 Å². The molecule has 2 aromatic carbocycles. The largest absolute Gasteiger partial charge is 0.489 e. The van der Waals surface area contributed by atoms with Crippen LogP contribution in [-0.4, -0.2) is 0 Å². The Morgan fingerprint density at radius 1 is 1.00 bits per heavy atom. The standard InChI is InChI=1S/C14H11Cl3O/c15-8-12-13(17)5-2-6-14(12)18-9-10-3-1-4-11(16)7-10/h1-7H,8-9H2. The van der Waals surface area contributed by atoms with Crippen LogP contribution >= 0.6 is 34.8 Å². The second-order valence-corrected chi connectivity index (χ2v) is 4.88. The van der Waals surface area contributed by atoms with Crippen LogP contribution in [0.3, 0.4) is 0 Å². The first-order chi connectivity index (χ1) is 8.70. The van der Waals surface area contributed by atoms with Gasteiger partial charge in [0.1, 0.15) is 12.4 Å². The molecule has 2 rings (SSSR count). The van der Waals surface area contributed by atoms with Gasteiger partial charge in [0.15, 0.2) is 0 Å². The van der Waals surface area contributed by atoms with Gasteiger partial charge in [0.2, 0.25) is 0 Å². The summed E-state index contributed by atoms with van der Waals surface area (Å²) < 4.78 is 5.72. The third-order valence-electron chi connectivity index (χ3n) is 2.49. The average molecular weight is 302 g/mol. The molecule has 18 heavy (non-hydrogen) atoms. The molecule has 0 saturated carbocycles. The Morgan fingerprint density at radius 3 is 2.50 bits per heavy atom. The van der Waals surface area contributed by atoms with Crippen LogP contribution in [0.25, 0.3) is 0 Å². The fourth-order valence-corrected chi connectivity index (χ4v) is 2.38. The van der Waals surface area contributed by atoms with E-state index < -0.39 is 0 Å². The maximum absolute atomic E-state index is 6.05. The summed E-state index contributed by atoms with van der Waals surface area (Å²) in [5, 5.41) is 1.31. The molecule has 0 radical (unpaired) electrons. The van der Waals surface area contributed by atoms with Crippen molar-refractivity contribution in [1.82, 2.24) is 0 Å². The maximum Gasteiger partial charge on any atom is 0.125 e. The van der Waals surface area contributed by atoms with E-state index in [9.17, 15) is 0 Å². The molecule has 0 aromatic heterocycles. The van der Waals surface area contributed by atoms with Gasteiger partial charge in [-0.05, 0) is 29.8 Å². The minimum atomic E-state index is 0.324. The number of benzene rings is 2. The summed E-state index contributed by atoms with van der Waals surface area (Å²) in [5.41, 5.74) is 1.81. The van der Waals surface area contributed by atoms with Crippen LogP contribution < -0.4 is 4.74 Å². The van der Waals surface area contributed by atoms with Crippen molar-refractivity contribution in [2.24, 2.45) is 0 Å². The molecule has 0 spiro atoms. The fraction of sp³-hybridized carbons (Fsp3) is 0.143. The van der Waals surface area contributed by atoms with E-state index in [2.05, 4.69) is 0 Å². The van der Waals surface area contributed by atoms with E-state index >= 15 is 0 Å². The molecular weight excluding hydrogens is 291 g/mol. The van der Waals surface area contributed by atoms with Crippen LogP contribution in [0.5, 0.6) is 5.75 Å². The maximum atomic E-state index is 6.05. The predicted molar refractivity (Wildman–Crippen MR) is 76.8 cm³/mol. The molecule has 0 aliphatic carbocycles. The van der Waals surface area contributed by atoms with Gasteiger partial charge < -0.3 is 4.74 Å². The molecule has 0 fully saturated rings. The third-order valence-corrected chi connectivity index (χ3v) is 3.35. The van der Waals surface area contributed by atoms with E-state index in [1.54, 1.807) is 6.07 Å². The van der Waals surface area contributed by atoms with E-state index in [4.69, 9.17) is 39.5 Å². The normalized spacial score (nSPS) is 10.4. The molecule has 0 unspecified atom stereocenters. The van der Waals surface area contributed by atoms with Crippen molar-refractivity contribution in [1.29, 1.82) is 0 Å². The first-order valence-electron chi connectivity index (χ1n) is 5.41. The van der Waals surface area contributed by atoms with Gasteiger partial charge in [0.05, 0.1) is 5.88 Å². The summed E-state index contributed by atoms with van der Waals surface area (Å²) in [7, 11) is 0. The lowest BCUT2D eigenvalue weighted by molar-refractivity contribution is 0.304. The number of halogens is 3. The Morgan fingerprint density at radius 2 is 1.78 bits per heavy atom. The molecule has 0 saturated heterocycles.